The first kappa shape index (κ1) is 23.9. The zero-order valence-electron chi connectivity index (χ0n) is 18.9. The molecule has 3 heterocycles. The summed E-state index contributed by atoms with van der Waals surface area (Å²) < 4.78 is 19.8. The van der Waals surface area contributed by atoms with E-state index in [1.807, 2.05) is 25.1 Å². The topological polar surface area (TPSA) is 80.2 Å². The lowest BCUT2D eigenvalue weighted by atomic mass is 9.78. The predicted octanol–water partition coefficient (Wildman–Crippen LogP) is 5.41. The van der Waals surface area contributed by atoms with Crippen LogP contribution in [0.2, 0.25) is 0 Å². The van der Waals surface area contributed by atoms with Gasteiger partial charge in [-0.3, -0.25) is 9.88 Å². The standard InChI is InChI=1S/C25H26FN5O2.ClH/c1-17-6-7-19(15-27-17)31-16-25(33-24(31)32)12-10-18(11-13-25)14-28-23-9-8-22(29-30-23)20-4-2-3-5-21(20)26;/h2-9,15,18H,10-14,16H2,1H3,(H,28,30);1H. The van der Waals surface area contributed by atoms with Gasteiger partial charge in [0.25, 0.3) is 0 Å². The number of halogens is 2. The van der Waals surface area contributed by atoms with Crippen LogP contribution >= 0.6 is 12.4 Å². The molecule has 1 N–H and O–H groups in total. The average Bonchev–Trinajstić information content (AvgIpc) is 3.15. The molecular weight excluding hydrogens is 457 g/mol. The largest absolute Gasteiger partial charge is 0.441 e. The molecule has 1 aromatic carbocycles. The molecule has 3 aromatic rings. The maximum absolute atomic E-state index is 13.9. The van der Waals surface area contributed by atoms with Crippen molar-refractivity contribution in [3.05, 3.63) is 66.2 Å². The van der Waals surface area contributed by atoms with Gasteiger partial charge in [-0.1, -0.05) is 12.1 Å². The van der Waals surface area contributed by atoms with Gasteiger partial charge in [0.05, 0.1) is 24.1 Å². The molecule has 2 fully saturated rings. The third-order valence-corrected chi connectivity index (χ3v) is 6.58. The molecule has 7 nitrogen and oxygen atoms in total. The number of carbonyl (C=O) groups excluding carboxylic acids is 1. The highest BCUT2D eigenvalue weighted by Gasteiger charge is 2.47. The summed E-state index contributed by atoms with van der Waals surface area (Å²) in [4.78, 5) is 18.5. The fourth-order valence-corrected chi connectivity index (χ4v) is 4.60. The first-order valence-corrected chi connectivity index (χ1v) is 11.3. The summed E-state index contributed by atoms with van der Waals surface area (Å²) in [6, 6.07) is 14.0. The molecule has 0 atom stereocenters. The molecule has 178 valence electrons. The summed E-state index contributed by atoms with van der Waals surface area (Å²) in [6.45, 7) is 3.26. The number of hydrogen-bond acceptors (Lipinski definition) is 6. The van der Waals surface area contributed by atoms with Crippen molar-refractivity contribution in [3.63, 3.8) is 0 Å². The van der Waals surface area contributed by atoms with Crippen LogP contribution in [-0.2, 0) is 4.74 Å². The summed E-state index contributed by atoms with van der Waals surface area (Å²) >= 11 is 0. The molecule has 5 rings (SSSR count). The Morgan fingerprint density at radius 1 is 1.12 bits per heavy atom. The Hall–Kier alpha value is -3.26. The number of aromatic nitrogens is 3. The second kappa shape index (κ2) is 9.93. The van der Waals surface area contributed by atoms with Crippen LogP contribution in [0.25, 0.3) is 11.3 Å². The summed E-state index contributed by atoms with van der Waals surface area (Å²) in [5.74, 6) is 0.812. The van der Waals surface area contributed by atoms with Crippen molar-refractivity contribution in [2.45, 2.75) is 38.2 Å². The Morgan fingerprint density at radius 3 is 2.59 bits per heavy atom. The Bertz CT molecular complexity index is 1130. The van der Waals surface area contributed by atoms with Gasteiger partial charge in [-0.05, 0) is 74.9 Å². The van der Waals surface area contributed by atoms with Gasteiger partial charge in [0.1, 0.15) is 17.2 Å². The highest BCUT2D eigenvalue weighted by Crippen LogP contribution is 2.40. The molecule has 0 unspecified atom stereocenters. The van der Waals surface area contributed by atoms with E-state index in [1.165, 1.54) is 6.07 Å². The molecule has 1 saturated carbocycles. The molecule has 1 amide bonds. The van der Waals surface area contributed by atoms with Crippen LogP contribution in [0.3, 0.4) is 0 Å². The maximum Gasteiger partial charge on any atom is 0.415 e. The van der Waals surface area contributed by atoms with Crippen LogP contribution in [0, 0.1) is 18.7 Å². The Kier molecular flexibility index (Phi) is 6.97. The van der Waals surface area contributed by atoms with Crippen LogP contribution < -0.4 is 10.2 Å². The van der Waals surface area contributed by atoms with E-state index in [1.54, 1.807) is 35.4 Å². The second-order valence-electron chi connectivity index (χ2n) is 8.90. The van der Waals surface area contributed by atoms with Gasteiger partial charge in [-0.25, -0.2) is 9.18 Å². The third kappa shape index (κ3) is 4.97. The van der Waals surface area contributed by atoms with Crippen molar-refractivity contribution in [1.29, 1.82) is 0 Å². The summed E-state index contributed by atoms with van der Waals surface area (Å²) in [7, 11) is 0. The second-order valence-corrected chi connectivity index (χ2v) is 8.90. The smallest absolute Gasteiger partial charge is 0.415 e. The van der Waals surface area contributed by atoms with Crippen LogP contribution in [0.15, 0.2) is 54.7 Å². The predicted molar refractivity (Wildman–Crippen MR) is 131 cm³/mol. The molecule has 0 radical (unpaired) electrons. The van der Waals surface area contributed by atoms with E-state index in [4.69, 9.17) is 4.74 Å². The molecule has 0 bridgehead atoms. The number of benzene rings is 1. The van der Waals surface area contributed by atoms with Crippen molar-refractivity contribution >= 4 is 30.0 Å². The number of hydrogen-bond donors (Lipinski definition) is 1. The molecular formula is C25H27ClFN5O2. The monoisotopic (exact) mass is 483 g/mol. The number of rotatable bonds is 5. The van der Waals surface area contributed by atoms with E-state index < -0.39 is 5.60 Å². The summed E-state index contributed by atoms with van der Waals surface area (Å²) in [5.41, 5.74) is 2.23. The first-order chi connectivity index (χ1) is 16.0. The fourth-order valence-electron chi connectivity index (χ4n) is 4.60. The molecule has 1 spiro atoms. The SMILES string of the molecule is Cc1ccc(N2CC3(CCC(CNc4ccc(-c5ccccc5F)nn4)CC3)OC2=O)cn1.Cl. The van der Waals surface area contributed by atoms with Crippen LogP contribution in [0.1, 0.15) is 31.4 Å². The number of carbonyl (C=O) groups is 1. The molecule has 34 heavy (non-hydrogen) atoms. The van der Waals surface area contributed by atoms with Gasteiger partial charge in [-0.2, -0.15) is 0 Å². The fraction of sp³-hybridized carbons (Fsp3) is 0.360. The Morgan fingerprint density at radius 2 is 1.91 bits per heavy atom. The maximum atomic E-state index is 13.9. The Labute approximate surface area is 204 Å². The van der Waals surface area contributed by atoms with E-state index in [9.17, 15) is 9.18 Å². The van der Waals surface area contributed by atoms with Crippen LogP contribution in [0.4, 0.5) is 20.7 Å². The van der Waals surface area contributed by atoms with E-state index in [-0.39, 0.29) is 24.3 Å². The number of pyridine rings is 1. The molecule has 9 heteroatoms. The zero-order valence-corrected chi connectivity index (χ0v) is 19.7. The lowest BCUT2D eigenvalue weighted by Crippen LogP contribution is -2.39. The van der Waals surface area contributed by atoms with Crippen molar-refractivity contribution in [1.82, 2.24) is 15.2 Å². The van der Waals surface area contributed by atoms with E-state index in [2.05, 4.69) is 20.5 Å². The molecule has 2 aliphatic rings. The molecule has 1 saturated heterocycles. The quantitative estimate of drug-likeness (QED) is 0.523. The van der Waals surface area contributed by atoms with Crippen molar-refractivity contribution in [2.24, 2.45) is 5.92 Å². The number of ether oxygens (including phenoxy) is 1. The normalized spacial score (nSPS) is 21.8. The van der Waals surface area contributed by atoms with E-state index in [0.717, 1.165) is 43.6 Å². The zero-order chi connectivity index (χ0) is 22.8. The minimum absolute atomic E-state index is 0. The van der Waals surface area contributed by atoms with E-state index in [0.29, 0.717) is 29.5 Å². The van der Waals surface area contributed by atoms with Gasteiger partial charge in [0.15, 0.2) is 0 Å². The van der Waals surface area contributed by atoms with Gasteiger partial charge in [0, 0.05) is 17.8 Å². The first-order valence-electron chi connectivity index (χ1n) is 11.3. The number of nitrogens with one attached hydrogen (secondary N) is 1. The lowest BCUT2D eigenvalue weighted by molar-refractivity contribution is 0.0148. The number of amides is 1. The van der Waals surface area contributed by atoms with Crippen molar-refractivity contribution < 1.29 is 13.9 Å². The lowest BCUT2D eigenvalue weighted by Gasteiger charge is -2.35. The highest BCUT2D eigenvalue weighted by atomic mass is 35.5. The molecule has 2 aromatic heterocycles. The minimum atomic E-state index is -0.417. The Balaban J connectivity index is 0.00000274. The number of nitrogens with zero attached hydrogens (tertiary/aromatic N) is 4. The molecule has 1 aliphatic heterocycles. The average molecular weight is 484 g/mol. The van der Waals surface area contributed by atoms with Gasteiger partial charge < -0.3 is 10.1 Å². The summed E-state index contributed by atoms with van der Waals surface area (Å²) in [6.07, 6.45) is 5.02. The van der Waals surface area contributed by atoms with Crippen LogP contribution in [0.5, 0.6) is 0 Å². The minimum Gasteiger partial charge on any atom is -0.441 e. The molecule has 1 aliphatic carbocycles. The summed E-state index contributed by atoms with van der Waals surface area (Å²) in [5, 5.41) is 11.7. The highest BCUT2D eigenvalue weighted by molar-refractivity contribution is 5.90. The van der Waals surface area contributed by atoms with E-state index >= 15 is 0 Å². The number of anilines is 2. The van der Waals surface area contributed by atoms with Gasteiger partial charge in [0.2, 0.25) is 0 Å². The van der Waals surface area contributed by atoms with Gasteiger partial charge >= 0.3 is 6.09 Å². The van der Waals surface area contributed by atoms with Crippen LogP contribution in [-0.4, -0.2) is 40.0 Å². The van der Waals surface area contributed by atoms with Gasteiger partial charge in [-0.15, -0.1) is 22.6 Å². The van der Waals surface area contributed by atoms with Crippen molar-refractivity contribution in [3.8, 4) is 11.3 Å². The number of aryl methyl sites for hydroxylation is 1. The third-order valence-electron chi connectivity index (χ3n) is 6.58. The van der Waals surface area contributed by atoms with Crippen molar-refractivity contribution in [2.75, 3.05) is 23.3 Å².